The van der Waals surface area contributed by atoms with Crippen LogP contribution in [0.1, 0.15) is 26.2 Å². The van der Waals surface area contributed by atoms with Crippen LogP contribution in [0.4, 0.5) is 0 Å². The molecule has 0 aromatic carbocycles. The Kier molecular flexibility index (Phi) is 6.47. The van der Waals surface area contributed by atoms with Crippen molar-refractivity contribution in [1.82, 2.24) is 10.2 Å². The second-order valence-corrected chi connectivity index (χ2v) is 5.04. The summed E-state index contributed by atoms with van der Waals surface area (Å²) in [5, 5.41) is 11.7. The molecule has 0 aromatic rings. The van der Waals surface area contributed by atoms with Crippen molar-refractivity contribution >= 4 is 5.91 Å². The van der Waals surface area contributed by atoms with E-state index in [0.29, 0.717) is 25.0 Å². The lowest BCUT2D eigenvalue weighted by Crippen LogP contribution is -2.45. The Morgan fingerprint density at radius 2 is 2.18 bits per heavy atom. The van der Waals surface area contributed by atoms with E-state index in [4.69, 9.17) is 10.8 Å². The van der Waals surface area contributed by atoms with Crippen LogP contribution in [0.2, 0.25) is 0 Å². The van der Waals surface area contributed by atoms with Gasteiger partial charge in [0.2, 0.25) is 5.91 Å². The Labute approximate surface area is 103 Å². The van der Waals surface area contributed by atoms with Gasteiger partial charge in [-0.25, -0.2) is 0 Å². The Hall–Kier alpha value is -0.650. The summed E-state index contributed by atoms with van der Waals surface area (Å²) < 4.78 is 0. The molecule has 1 rings (SSSR count). The number of likely N-dealkylation sites (tertiary alicyclic amines) is 1. The Morgan fingerprint density at radius 3 is 2.76 bits per heavy atom. The van der Waals surface area contributed by atoms with E-state index < -0.39 is 0 Å². The van der Waals surface area contributed by atoms with E-state index in [1.807, 2.05) is 6.92 Å². The van der Waals surface area contributed by atoms with E-state index in [1.54, 1.807) is 0 Å². The van der Waals surface area contributed by atoms with Crippen molar-refractivity contribution in [1.29, 1.82) is 0 Å². The number of nitrogens with one attached hydrogen (secondary N) is 1. The van der Waals surface area contributed by atoms with Gasteiger partial charge in [0.05, 0.1) is 6.54 Å². The number of nitrogens with zero attached hydrogens (tertiary/aromatic N) is 1. The van der Waals surface area contributed by atoms with Crippen molar-refractivity contribution < 1.29 is 9.90 Å². The highest BCUT2D eigenvalue weighted by Crippen LogP contribution is 2.07. The minimum absolute atomic E-state index is 0.0743. The standard InChI is InChI=1S/C12H25N3O2/c1-10(4-7-16)8-14-12(17)9-15-5-2-11(13)3-6-15/h10-11,16H,2-9,13H2,1H3,(H,14,17). The number of nitrogens with two attached hydrogens (primary N) is 1. The summed E-state index contributed by atoms with van der Waals surface area (Å²) in [4.78, 5) is 13.8. The van der Waals surface area contributed by atoms with Gasteiger partial charge in [-0.1, -0.05) is 6.92 Å². The zero-order valence-electron chi connectivity index (χ0n) is 10.7. The minimum Gasteiger partial charge on any atom is -0.396 e. The maximum absolute atomic E-state index is 11.7. The predicted molar refractivity (Wildman–Crippen MR) is 67.5 cm³/mol. The number of carbonyl (C=O) groups is 1. The zero-order valence-corrected chi connectivity index (χ0v) is 10.7. The van der Waals surface area contributed by atoms with Crippen LogP contribution in [0.25, 0.3) is 0 Å². The van der Waals surface area contributed by atoms with Crippen molar-refractivity contribution in [3.05, 3.63) is 0 Å². The van der Waals surface area contributed by atoms with E-state index in [-0.39, 0.29) is 12.5 Å². The summed E-state index contributed by atoms with van der Waals surface area (Å²) >= 11 is 0. The number of carbonyl (C=O) groups excluding carboxylic acids is 1. The van der Waals surface area contributed by atoms with E-state index in [2.05, 4.69) is 10.2 Å². The molecule has 0 bridgehead atoms. The van der Waals surface area contributed by atoms with Gasteiger partial charge in [-0.15, -0.1) is 0 Å². The first-order valence-electron chi connectivity index (χ1n) is 6.47. The molecule has 0 radical (unpaired) electrons. The summed E-state index contributed by atoms with van der Waals surface area (Å²) in [5.74, 6) is 0.406. The second kappa shape index (κ2) is 7.63. The summed E-state index contributed by atoms with van der Waals surface area (Å²) in [6.45, 7) is 5.16. The molecule has 0 saturated carbocycles. The number of hydrogen-bond acceptors (Lipinski definition) is 4. The van der Waals surface area contributed by atoms with Crippen LogP contribution in [0, 0.1) is 5.92 Å². The van der Waals surface area contributed by atoms with Crippen LogP contribution < -0.4 is 11.1 Å². The van der Waals surface area contributed by atoms with Crippen LogP contribution in [0.15, 0.2) is 0 Å². The first kappa shape index (κ1) is 14.4. The van der Waals surface area contributed by atoms with Gasteiger partial charge in [0.15, 0.2) is 0 Å². The third kappa shape index (κ3) is 6.00. The molecule has 17 heavy (non-hydrogen) atoms. The molecule has 100 valence electrons. The van der Waals surface area contributed by atoms with Gasteiger partial charge in [0.25, 0.3) is 0 Å². The second-order valence-electron chi connectivity index (χ2n) is 5.04. The van der Waals surface area contributed by atoms with Crippen molar-refractivity contribution in [2.24, 2.45) is 11.7 Å². The Morgan fingerprint density at radius 1 is 1.53 bits per heavy atom. The van der Waals surface area contributed by atoms with Crippen LogP contribution in [-0.4, -0.2) is 54.7 Å². The smallest absolute Gasteiger partial charge is 0.234 e. The average molecular weight is 243 g/mol. The molecule has 5 nitrogen and oxygen atoms in total. The molecule has 1 fully saturated rings. The molecule has 1 atom stereocenters. The fourth-order valence-electron chi connectivity index (χ4n) is 1.98. The maximum Gasteiger partial charge on any atom is 0.234 e. The van der Waals surface area contributed by atoms with Crippen LogP contribution >= 0.6 is 0 Å². The molecule has 1 heterocycles. The summed E-state index contributed by atoms with van der Waals surface area (Å²) in [7, 11) is 0. The van der Waals surface area contributed by atoms with Crippen LogP contribution in [0.5, 0.6) is 0 Å². The van der Waals surface area contributed by atoms with Gasteiger partial charge in [0, 0.05) is 32.3 Å². The molecule has 1 aliphatic rings. The number of piperidine rings is 1. The summed E-state index contributed by atoms with van der Waals surface area (Å²) in [5.41, 5.74) is 5.81. The predicted octanol–water partition coefficient (Wildman–Crippen LogP) is -0.456. The normalized spacial score (nSPS) is 20.2. The van der Waals surface area contributed by atoms with Gasteiger partial charge < -0.3 is 16.2 Å². The van der Waals surface area contributed by atoms with E-state index in [0.717, 1.165) is 32.4 Å². The van der Waals surface area contributed by atoms with Crippen molar-refractivity contribution in [3.8, 4) is 0 Å². The fourth-order valence-corrected chi connectivity index (χ4v) is 1.98. The SMILES string of the molecule is CC(CCO)CNC(=O)CN1CCC(N)CC1. The van der Waals surface area contributed by atoms with E-state index >= 15 is 0 Å². The molecule has 5 heteroatoms. The van der Waals surface area contributed by atoms with Gasteiger partial charge in [-0.05, 0) is 25.2 Å². The van der Waals surface area contributed by atoms with Crippen molar-refractivity contribution in [3.63, 3.8) is 0 Å². The zero-order chi connectivity index (χ0) is 12.7. The van der Waals surface area contributed by atoms with Gasteiger partial charge in [0.1, 0.15) is 0 Å². The minimum atomic E-state index is 0.0743. The Balaban J connectivity index is 2.12. The topological polar surface area (TPSA) is 78.6 Å². The van der Waals surface area contributed by atoms with Crippen LogP contribution in [0.3, 0.4) is 0 Å². The molecule has 1 aliphatic heterocycles. The number of rotatable bonds is 6. The largest absolute Gasteiger partial charge is 0.396 e. The highest BCUT2D eigenvalue weighted by Gasteiger charge is 2.18. The molecule has 0 spiro atoms. The summed E-state index contributed by atoms with van der Waals surface area (Å²) in [6, 6.07) is 0.305. The molecule has 0 aliphatic carbocycles. The lowest BCUT2D eigenvalue weighted by atomic mass is 10.1. The third-order valence-electron chi connectivity index (χ3n) is 3.27. The fraction of sp³-hybridized carbons (Fsp3) is 0.917. The average Bonchev–Trinajstić information content (AvgIpc) is 2.30. The third-order valence-corrected chi connectivity index (χ3v) is 3.27. The molecule has 4 N–H and O–H groups in total. The number of hydrogen-bond donors (Lipinski definition) is 3. The van der Waals surface area contributed by atoms with Crippen molar-refractivity contribution in [2.75, 3.05) is 32.8 Å². The molecular weight excluding hydrogens is 218 g/mol. The van der Waals surface area contributed by atoms with Gasteiger partial charge >= 0.3 is 0 Å². The molecule has 1 unspecified atom stereocenters. The van der Waals surface area contributed by atoms with E-state index in [1.165, 1.54) is 0 Å². The lowest BCUT2D eigenvalue weighted by Gasteiger charge is -2.29. The van der Waals surface area contributed by atoms with Crippen LogP contribution in [-0.2, 0) is 4.79 Å². The molecule has 1 amide bonds. The molecular formula is C12H25N3O2. The molecule has 0 aromatic heterocycles. The summed E-state index contributed by atoms with van der Waals surface area (Å²) in [6.07, 6.45) is 2.70. The van der Waals surface area contributed by atoms with Gasteiger partial charge in [-0.2, -0.15) is 0 Å². The number of aliphatic hydroxyl groups is 1. The highest BCUT2D eigenvalue weighted by molar-refractivity contribution is 5.78. The maximum atomic E-state index is 11.7. The number of aliphatic hydroxyl groups excluding tert-OH is 1. The van der Waals surface area contributed by atoms with Gasteiger partial charge in [-0.3, -0.25) is 9.69 Å². The first-order valence-corrected chi connectivity index (χ1v) is 6.47. The Bertz CT molecular complexity index is 228. The first-order chi connectivity index (χ1) is 8.11. The lowest BCUT2D eigenvalue weighted by molar-refractivity contribution is -0.122. The highest BCUT2D eigenvalue weighted by atomic mass is 16.3. The quantitative estimate of drug-likeness (QED) is 0.590. The molecule has 1 saturated heterocycles. The monoisotopic (exact) mass is 243 g/mol. The number of amides is 1. The van der Waals surface area contributed by atoms with E-state index in [9.17, 15) is 4.79 Å². The van der Waals surface area contributed by atoms with Crippen molar-refractivity contribution in [2.45, 2.75) is 32.2 Å².